The van der Waals surface area contributed by atoms with Gasteiger partial charge in [0.1, 0.15) is 11.3 Å². The first-order valence-corrected chi connectivity index (χ1v) is 12.8. The van der Waals surface area contributed by atoms with Gasteiger partial charge in [0.25, 0.3) is 0 Å². The van der Waals surface area contributed by atoms with Crippen LogP contribution in [-0.4, -0.2) is 9.55 Å². The van der Waals surface area contributed by atoms with Crippen LogP contribution < -0.4 is 0 Å². The molecule has 0 saturated carbocycles. The monoisotopic (exact) mass is 486 g/mol. The summed E-state index contributed by atoms with van der Waals surface area (Å²) < 4.78 is 8.62. The smallest absolute Gasteiger partial charge is 0.161 e. The molecule has 5 aromatic carbocycles. The van der Waals surface area contributed by atoms with E-state index in [9.17, 15) is 0 Å². The molecule has 3 heterocycles. The number of aromatic nitrogens is 2. The van der Waals surface area contributed by atoms with Gasteiger partial charge >= 0.3 is 0 Å². The highest BCUT2D eigenvalue weighted by atomic mass is 16.3. The molecule has 0 amide bonds. The van der Waals surface area contributed by atoms with Crippen LogP contribution in [0.1, 0.15) is 0 Å². The highest BCUT2D eigenvalue weighted by molar-refractivity contribution is 6.10. The van der Waals surface area contributed by atoms with E-state index >= 15 is 0 Å². The quantitative estimate of drug-likeness (QED) is 0.249. The third-order valence-corrected chi connectivity index (χ3v) is 7.45. The average molecular weight is 487 g/mol. The van der Waals surface area contributed by atoms with Gasteiger partial charge in [0, 0.05) is 39.0 Å². The maximum Gasteiger partial charge on any atom is 0.161 e. The Labute approximate surface area is 219 Å². The molecule has 0 aliphatic rings. The Bertz CT molecular complexity index is 2090. The van der Waals surface area contributed by atoms with E-state index in [-0.39, 0.29) is 0 Å². The Morgan fingerprint density at radius 2 is 1.13 bits per heavy atom. The van der Waals surface area contributed by atoms with E-state index in [1.165, 1.54) is 21.8 Å². The highest BCUT2D eigenvalue weighted by Crippen LogP contribution is 2.36. The van der Waals surface area contributed by atoms with Crippen LogP contribution in [0.5, 0.6) is 0 Å². The molecule has 0 aliphatic heterocycles. The van der Waals surface area contributed by atoms with Gasteiger partial charge in [-0.15, -0.1) is 0 Å². The number of rotatable bonds is 3. The van der Waals surface area contributed by atoms with Gasteiger partial charge in [-0.25, -0.2) is 0 Å². The first-order valence-electron chi connectivity index (χ1n) is 12.8. The van der Waals surface area contributed by atoms with Crippen molar-refractivity contribution in [1.82, 2.24) is 9.55 Å². The molecule has 0 aliphatic carbocycles. The van der Waals surface area contributed by atoms with Crippen molar-refractivity contribution in [1.29, 1.82) is 0 Å². The zero-order chi connectivity index (χ0) is 25.1. The topological polar surface area (TPSA) is 31.0 Å². The molecular weight excluding hydrogens is 464 g/mol. The second-order valence-electron chi connectivity index (χ2n) is 9.64. The fourth-order valence-electron chi connectivity index (χ4n) is 5.73. The minimum Gasteiger partial charge on any atom is -0.454 e. The maximum absolute atomic E-state index is 6.27. The molecule has 178 valence electrons. The fraction of sp³-hybridized carbons (Fsp3) is 0. The van der Waals surface area contributed by atoms with Crippen LogP contribution in [0.3, 0.4) is 0 Å². The summed E-state index contributed by atoms with van der Waals surface area (Å²) in [5.41, 5.74) is 9.46. The van der Waals surface area contributed by atoms with E-state index in [1.54, 1.807) is 0 Å². The Morgan fingerprint density at radius 3 is 1.92 bits per heavy atom. The van der Waals surface area contributed by atoms with E-state index in [2.05, 4.69) is 108 Å². The number of para-hydroxylation sites is 3. The number of pyridine rings is 1. The Balaban J connectivity index is 1.28. The highest BCUT2D eigenvalue weighted by Gasteiger charge is 2.15. The van der Waals surface area contributed by atoms with Crippen LogP contribution in [0, 0.1) is 0 Å². The number of hydrogen-bond donors (Lipinski definition) is 0. The largest absolute Gasteiger partial charge is 0.454 e. The van der Waals surface area contributed by atoms with Crippen LogP contribution >= 0.6 is 0 Å². The summed E-state index contributed by atoms with van der Waals surface area (Å²) in [4.78, 5) is 4.74. The van der Waals surface area contributed by atoms with E-state index in [4.69, 9.17) is 9.40 Å². The molecular formula is C35H22N2O. The first kappa shape index (κ1) is 21.0. The van der Waals surface area contributed by atoms with Crippen molar-refractivity contribution in [2.45, 2.75) is 0 Å². The van der Waals surface area contributed by atoms with E-state index < -0.39 is 0 Å². The van der Waals surface area contributed by atoms with E-state index in [1.807, 2.05) is 30.5 Å². The number of nitrogens with zero attached hydrogens (tertiary/aromatic N) is 2. The second kappa shape index (κ2) is 8.19. The lowest BCUT2D eigenvalue weighted by atomic mass is 10.00. The summed E-state index contributed by atoms with van der Waals surface area (Å²) in [6.45, 7) is 0. The third kappa shape index (κ3) is 3.12. The second-order valence-corrected chi connectivity index (χ2v) is 9.64. The summed E-state index contributed by atoms with van der Waals surface area (Å²) in [5, 5.41) is 4.73. The van der Waals surface area contributed by atoms with Crippen molar-refractivity contribution >= 4 is 43.7 Å². The third-order valence-electron chi connectivity index (χ3n) is 7.45. The van der Waals surface area contributed by atoms with Crippen LogP contribution in [0.25, 0.3) is 71.8 Å². The number of benzene rings is 5. The lowest BCUT2D eigenvalue weighted by Gasteiger charge is -2.11. The van der Waals surface area contributed by atoms with E-state index in [0.29, 0.717) is 0 Å². The predicted molar refractivity (Wildman–Crippen MR) is 157 cm³/mol. The van der Waals surface area contributed by atoms with Crippen LogP contribution in [0.2, 0.25) is 0 Å². The molecule has 0 saturated heterocycles. The molecule has 8 aromatic rings. The number of furan rings is 1. The molecule has 0 atom stereocenters. The zero-order valence-electron chi connectivity index (χ0n) is 20.5. The molecule has 3 aromatic heterocycles. The van der Waals surface area contributed by atoms with Gasteiger partial charge in [-0.2, -0.15) is 0 Å². The van der Waals surface area contributed by atoms with Crippen molar-refractivity contribution in [3.05, 3.63) is 134 Å². The number of hydrogen-bond acceptors (Lipinski definition) is 2. The maximum atomic E-state index is 6.27. The molecule has 0 bridgehead atoms. The van der Waals surface area contributed by atoms with Gasteiger partial charge in [0.05, 0.1) is 11.0 Å². The standard InChI is InChI=1S/C35H22N2O/c1-4-16-31-27(13-1)28-14-2-5-17-32(28)37(31)26-12-8-10-24(22-26)23-9-7-11-25(21-23)34-35-30(19-20-36-34)29-15-3-6-18-33(29)38-35/h1-22H. The number of fused-ring (bicyclic) bond motifs is 6. The SMILES string of the molecule is c1cc(-c2cccc(-n3c4ccccc4c4ccccc43)c2)cc(-c2nccc3c2oc2ccccc23)c1. The van der Waals surface area contributed by atoms with Gasteiger partial charge in [-0.3, -0.25) is 4.98 Å². The average Bonchev–Trinajstić information content (AvgIpc) is 3.53. The summed E-state index contributed by atoms with van der Waals surface area (Å²) in [6.07, 6.45) is 1.87. The molecule has 38 heavy (non-hydrogen) atoms. The summed E-state index contributed by atoms with van der Waals surface area (Å²) in [7, 11) is 0. The van der Waals surface area contributed by atoms with Crippen LogP contribution in [0.15, 0.2) is 138 Å². The Kier molecular flexibility index (Phi) is 4.52. The van der Waals surface area contributed by atoms with Crippen molar-refractivity contribution in [2.75, 3.05) is 0 Å². The van der Waals surface area contributed by atoms with Gasteiger partial charge in [0.15, 0.2) is 5.58 Å². The van der Waals surface area contributed by atoms with Gasteiger partial charge < -0.3 is 8.98 Å². The summed E-state index contributed by atoms with van der Waals surface area (Å²) in [6, 6.07) is 44.8. The Morgan fingerprint density at radius 1 is 0.500 bits per heavy atom. The van der Waals surface area contributed by atoms with Crippen molar-refractivity contribution in [3.63, 3.8) is 0 Å². The Hall–Kier alpha value is -5.15. The van der Waals surface area contributed by atoms with E-state index in [0.717, 1.165) is 50.0 Å². The molecule has 0 fully saturated rings. The lowest BCUT2D eigenvalue weighted by molar-refractivity contribution is 0.668. The normalized spacial score (nSPS) is 11.7. The minimum absolute atomic E-state index is 0.824. The molecule has 8 rings (SSSR count). The van der Waals surface area contributed by atoms with Crippen LogP contribution in [-0.2, 0) is 0 Å². The molecule has 0 unspecified atom stereocenters. The fourth-order valence-corrected chi connectivity index (χ4v) is 5.73. The molecule has 0 spiro atoms. The van der Waals surface area contributed by atoms with Gasteiger partial charge in [-0.05, 0) is 53.6 Å². The molecule has 3 nitrogen and oxygen atoms in total. The predicted octanol–water partition coefficient (Wildman–Crippen LogP) is 9.41. The molecule has 0 N–H and O–H groups in total. The lowest BCUT2D eigenvalue weighted by Crippen LogP contribution is -1.94. The van der Waals surface area contributed by atoms with Crippen molar-refractivity contribution < 1.29 is 4.42 Å². The molecule has 3 heteroatoms. The van der Waals surface area contributed by atoms with Crippen molar-refractivity contribution in [2.24, 2.45) is 0 Å². The molecule has 0 radical (unpaired) electrons. The minimum atomic E-state index is 0.824. The summed E-state index contributed by atoms with van der Waals surface area (Å²) in [5.74, 6) is 0. The first-order chi connectivity index (χ1) is 18.8. The van der Waals surface area contributed by atoms with Gasteiger partial charge in [0.2, 0.25) is 0 Å². The zero-order valence-corrected chi connectivity index (χ0v) is 20.5. The van der Waals surface area contributed by atoms with Crippen LogP contribution in [0.4, 0.5) is 0 Å². The van der Waals surface area contributed by atoms with Crippen molar-refractivity contribution in [3.8, 4) is 28.1 Å². The summed E-state index contributed by atoms with van der Waals surface area (Å²) >= 11 is 0. The van der Waals surface area contributed by atoms with Gasteiger partial charge in [-0.1, -0.05) is 84.9 Å².